The van der Waals surface area contributed by atoms with Gasteiger partial charge >= 0.3 is 0 Å². The Bertz CT molecular complexity index is 1830. The van der Waals surface area contributed by atoms with Crippen LogP contribution in [0.3, 0.4) is 0 Å². The van der Waals surface area contributed by atoms with Gasteiger partial charge < -0.3 is 21.0 Å². The highest BCUT2D eigenvalue weighted by atomic mass is 16.1. The molecule has 9 heteroatoms. The number of aromatic nitrogens is 5. The topological polar surface area (TPSA) is 134 Å². The molecule has 5 N–H and O–H groups in total. The third-order valence-electron chi connectivity index (χ3n) is 6.13. The summed E-state index contributed by atoms with van der Waals surface area (Å²) in [7, 11) is 1.77. The number of nitrogens with one attached hydrogen (secondary N) is 3. The fraction of sp³-hybridized carbons (Fsp3) is 0.0370. The number of aromatic amines is 2. The highest BCUT2D eigenvalue weighted by Crippen LogP contribution is 2.31. The van der Waals surface area contributed by atoms with Crippen molar-refractivity contribution in [2.45, 2.75) is 0 Å². The van der Waals surface area contributed by atoms with Gasteiger partial charge in [0.05, 0.1) is 28.1 Å². The average molecular weight is 476 g/mol. The molecule has 1 amide bonds. The molecule has 0 aliphatic heterocycles. The minimum absolute atomic E-state index is 0.191. The fourth-order valence-corrected chi connectivity index (χ4v) is 4.26. The van der Waals surface area contributed by atoms with Gasteiger partial charge in [0, 0.05) is 35.1 Å². The number of H-pyrrole nitrogens is 2. The van der Waals surface area contributed by atoms with Gasteiger partial charge in [-0.3, -0.25) is 14.3 Å². The smallest absolute Gasteiger partial charge is 0.276 e. The minimum Gasteiger partial charge on any atom is -0.396 e. The van der Waals surface area contributed by atoms with Gasteiger partial charge in [0.15, 0.2) is 5.69 Å². The summed E-state index contributed by atoms with van der Waals surface area (Å²) in [4.78, 5) is 36.3. The van der Waals surface area contributed by atoms with Crippen LogP contribution in [-0.4, -0.2) is 30.6 Å². The van der Waals surface area contributed by atoms with E-state index in [0.717, 1.165) is 11.3 Å². The first-order chi connectivity index (χ1) is 17.5. The first-order valence-corrected chi connectivity index (χ1v) is 11.3. The van der Waals surface area contributed by atoms with Crippen LogP contribution in [-0.2, 0) is 7.05 Å². The predicted molar refractivity (Wildman–Crippen MR) is 141 cm³/mol. The van der Waals surface area contributed by atoms with Gasteiger partial charge in [0.25, 0.3) is 11.5 Å². The summed E-state index contributed by atoms with van der Waals surface area (Å²) in [6.07, 6.45) is 0. The Balaban J connectivity index is 1.34. The van der Waals surface area contributed by atoms with Gasteiger partial charge in [0.1, 0.15) is 5.82 Å². The minimum atomic E-state index is -0.352. The van der Waals surface area contributed by atoms with E-state index in [-0.39, 0.29) is 17.2 Å². The molecular formula is C27H21N7O2. The van der Waals surface area contributed by atoms with E-state index in [4.69, 9.17) is 5.73 Å². The molecule has 0 spiro atoms. The van der Waals surface area contributed by atoms with E-state index in [2.05, 4.69) is 25.4 Å². The van der Waals surface area contributed by atoms with E-state index >= 15 is 0 Å². The highest BCUT2D eigenvalue weighted by molar-refractivity contribution is 6.09. The maximum atomic E-state index is 13.1. The van der Waals surface area contributed by atoms with Crippen LogP contribution in [0.5, 0.6) is 0 Å². The summed E-state index contributed by atoms with van der Waals surface area (Å²) in [5.41, 5.74) is 11.2. The van der Waals surface area contributed by atoms with Crippen molar-refractivity contribution >= 4 is 39.3 Å². The largest absolute Gasteiger partial charge is 0.396 e. The second-order valence-electron chi connectivity index (χ2n) is 8.46. The van der Waals surface area contributed by atoms with Crippen molar-refractivity contribution in [3.63, 3.8) is 0 Å². The van der Waals surface area contributed by atoms with Crippen LogP contribution in [0.4, 0.5) is 11.5 Å². The molecule has 36 heavy (non-hydrogen) atoms. The zero-order chi connectivity index (χ0) is 24.8. The standard InChI is InChI=1S/C27H21N7O2/c1-34-22(14-21(33-34)15-7-3-2-4-8-15)32-26(35)16-11-12-18-17(13-16)23(28)24(29-18)25-27(36)31-20-10-6-5-9-19(20)30-25/h2-14,29H,28H2,1H3,(H,31,36)(H,32,35). The number of nitrogen functional groups attached to an aromatic ring is 1. The Kier molecular flexibility index (Phi) is 4.89. The van der Waals surface area contributed by atoms with Gasteiger partial charge in [-0.15, -0.1) is 0 Å². The number of rotatable bonds is 4. The predicted octanol–water partition coefficient (Wildman–Crippen LogP) is 4.31. The molecule has 3 aromatic carbocycles. The summed E-state index contributed by atoms with van der Waals surface area (Å²) in [5, 5.41) is 8.03. The van der Waals surface area contributed by atoms with Gasteiger partial charge in [-0.05, 0) is 30.3 Å². The molecule has 3 heterocycles. The van der Waals surface area contributed by atoms with E-state index in [0.29, 0.717) is 44.7 Å². The molecule has 0 unspecified atom stereocenters. The van der Waals surface area contributed by atoms with Crippen molar-refractivity contribution in [2.75, 3.05) is 11.1 Å². The van der Waals surface area contributed by atoms with Gasteiger partial charge in [-0.2, -0.15) is 5.10 Å². The van der Waals surface area contributed by atoms with Crippen molar-refractivity contribution in [3.8, 4) is 22.6 Å². The number of carbonyl (C=O) groups is 1. The molecule has 0 aliphatic rings. The van der Waals surface area contributed by atoms with Crippen molar-refractivity contribution in [1.82, 2.24) is 24.7 Å². The molecule has 0 saturated carbocycles. The lowest BCUT2D eigenvalue weighted by Gasteiger charge is -2.05. The lowest BCUT2D eigenvalue weighted by atomic mass is 10.1. The number of benzene rings is 3. The van der Waals surface area contributed by atoms with Crippen LogP contribution in [0.1, 0.15) is 10.4 Å². The number of carbonyl (C=O) groups excluding carboxylic acids is 1. The van der Waals surface area contributed by atoms with Gasteiger partial charge in [-0.25, -0.2) is 4.98 Å². The number of hydrogen-bond acceptors (Lipinski definition) is 5. The van der Waals surface area contributed by atoms with Crippen LogP contribution in [0, 0.1) is 0 Å². The van der Waals surface area contributed by atoms with Crippen LogP contribution in [0.15, 0.2) is 83.7 Å². The van der Waals surface area contributed by atoms with Crippen molar-refractivity contribution < 1.29 is 4.79 Å². The van der Waals surface area contributed by atoms with Crippen LogP contribution >= 0.6 is 0 Å². The summed E-state index contributed by atoms with van der Waals surface area (Å²) < 4.78 is 1.62. The summed E-state index contributed by atoms with van der Waals surface area (Å²) in [6, 6.07) is 24.0. The monoisotopic (exact) mass is 475 g/mol. The first kappa shape index (κ1) is 21.4. The Morgan fingerprint density at radius 1 is 0.944 bits per heavy atom. The lowest BCUT2D eigenvalue weighted by molar-refractivity contribution is 0.102. The van der Waals surface area contributed by atoms with Crippen molar-refractivity contribution in [3.05, 3.63) is 94.8 Å². The molecule has 0 fully saturated rings. The Morgan fingerprint density at radius 2 is 1.72 bits per heavy atom. The molecule has 0 bridgehead atoms. The summed E-state index contributed by atoms with van der Waals surface area (Å²) in [6.45, 7) is 0. The molecule has 3 aromatic heterocycles. The molecule has 0 saturated heterocycles. The van der Waals surface area contributed by atoms with Crippen LogP contribution < -0.4 is 16.6 Å². The number of nitrogens with zero attached hydrogens (tertiary/aromatic N) is 3. The van der Waals surface area contributed by atoms with E-state index in [1.54, 1.807) is 36.0 Å². The number of aryl methyl sites for hydroxylation is 1. The summed E-state index contributed by atoms with van der Waals surface area (Å²) in [5.74, 6) is 0.261. The Labute approximate surface area is 204 Å². The zero-order valence-electron chi connectivity index (χ0n) is 19.2. The quantitative estimate of drug-likeness (QED) is 0.301. The van der Waals surface area contributed by atoms with E-state index in [1.165, 1.54) is 0 Å². The van der Waals surface area contributed by atoms with Gasteiger partial charge in [0.2, 0.25) is 0 Å². The maximum absolute atomic E-state index is 13.1. The molecule has 9 nitrogen and oxygen atoms in total. The number of fused-ring (bicyclic) bond motifs is 2. The highest BCUT2D eigenvalue weighted by Gasteiger charge is 2.18. The number of para-hydroxylation sites is 2. The second-order valence-corrected chi connectivity index (χ2v) is 8.46. The van der Waals surface area contributed by atoms with Crippen LogP contribution in [0.2, 0.25) is 0 Å². The third-order valence-corrected chi connectivity index (χ3v) is 6.13. The molecule has 0 atom stereocenters. The molecule has 6 aromatic rings. The van der Waals surface area contributed by atoms with Crippen LogP contribution in [0.25, 0.3) is 44.6 Å². The normalized spacial score (nSPS) is 11.2. The Morgan fingerprint density at radius 3 is 2.56 bits per heavy atom. The maximum Gasteiger partial charge on any atom is 0.276 e. The molecule has 0 radical (unpaired) electrons. The zero-order valence-corrected chi connectivity index (χ0v) is 19.2. The van der Waals surface area contributed by atoms with Crippen molar-refractivity contribution in [2.24, 2.45) is 7.05 Å². The van der Waals surface area contributed by atoms with E-state index < -0.39 is 0 Å². The average Bonchev–Trinajstić information content (AvgIpc) is 3.43. The van der Waals surface area contributed by atoms with E-state index in [1.807, 2.05) is 54.6 Å². The van der Waals surface area contributed by atoms with E-state index in [9.17, 15) is 9.59 Å². The lowest BCUT2D eigenvalue weighted by Crippen LogP contribution is -2.14. The molecule has 176 valence electrons. The third kappa shape index (κ3) is 3.59. The Hall–Kier alpha value is -5.18. The number of hydrogen-bond donors (Lipinski definition) is 4. The molecule has 0 aliphatic carbocycles. The fourth-order valence-electron chi connectivity index (χ4n) is 4.26. The molecule has 6 rings (SSSR count). The number of nitrogens with two attached hydrogens (primary N) is 1. The van der Waals surface area contributed by atoms with Crippen molar-refractivity contribution in [1.29, 1.82) is 0 Å². The second kappa shape index (κ2) is 8.24. The number of anilines is 2. The summed E-state index contributed by atoms with van der Waals surface area (Å²) >= 11 is 0. The first-order valence-electron chi connectivity index (χ1n) is 11.3. The molecular weight excluding hydrogens is 454 g/mol. The SMILES string of the molecule is Cn1nc(-c2ccccc2)cc1NC(=O)c1ccc2[nH]c(-c3nc4ccccc4[nH]c3=O)c(N)c2c1. The number of amides is 1. The van der Waals surface area contributed by atoms with Gasteiger partial charge in [-0.1, -0.05) is 42.5 Å².